The van der Waals surface area contributed by atoms with Gasteiger partial charge in [0.25, 0.3) is 0 Å². The fourth-order valence-electron chi connectivity index (χ4n) is 0. The Morgan fingerprint density at radius 2 is 1.33 bits per heavy atom. The fourth-order valence-corrected chi connectivity index (χ4v) is 0. The molecule has 0 aromatic heterocycles. The smallest absolute Gasteiger partial charge is 0.870 e. The number of hydrogen-bond donors (Lipinski definition) is 1. The van der Waals surface area contributed by atoms with Crippen LogP contribution in [0, 0.1) is 0 Å². The van der Waals surface area contributed by atoms with Crippen LogP contribution < -0.4 is 0 Å². The van der Waals surface area contributed by atoms with Crippen molar-refractivity contribution in [3.63, 3.8) is 0 Å². The number of hydrogen-bond acceptors (Lipinski definition) is 3. The van der Waals surface area contributed by atoms with Gasteiger partial charge in [0, 0.05) is 6.61 Å². The van der Waals surface area contributed by atoms with Gasteiger partial charge >= 0.3 is 37.7 Å². The van der Waals surface area contributed by atoms with Crippen LogP contribution in [0.2, 0.25) is 0 Å². The van der Waals surface area contributed by atoms with Gasteiger partial charge in [-0.3, -0.25) is 0 Å². The molecular weight excluding hydrogens is 112 g/mol. The van der Waals surface area contributed by atoms with E-state index in [-0.39, 0.29) is 55.3 Å². The predicted octanol–water partition coefficient (Wildman–Crippen LogP) is -0.736. The van der Waals surface area contributed by atoms with E-state index < -0.39 is 0 Å². The van der Waals surface area contributed by atoms with E-state index in [1.807, 2.05) is 0 Å². The van der Waals surface area contributed by atoms with Crippen LogP contribution in [0.25, 0.3) is 0 Å². The van der Waals surface area contributed by atoms with Crippen molar-refractivity contribution in [2.75, 3.05) is 6.61 Å². The van der Waals surface area contributed by atoms with Crippen LogP contribution in [-0.4, -0.2) is 60.4 Å². The van der Waals surface area contributed by atoms with Gasteiger partial charge in [-0.15, -0.1) is 0 Å². The standard InChI is InChI=1S/C2H6O.Ca.2H2O/c1-2-3;;;/h3H,2H2,1H3;;2*1H2/q;+2;;/p-2. The zero-order chi connectivity index (χ0) is 2.71. The van der Waals surface area contributed by atoms with E-state index in [4.69, 9.17) is 5.11 Å². The summed E-state index contributed by atoms with van der Waals surface area (Å²) in [7, 11) is 0. The van der Waals surface area contributed by atoms with Gasteiger partial charge in [0.15, 0.2) is 0 Å². The Kier molecular flexibility index (Phi) is 161. The summed E-state index contributed by atoms with van der Waals surface area (Å²) >= 11 is 0. The van der Waals surface area contributed by atoms with E-state index >= 15 is 0 Å². The molecule has 0 aliphatic heterocycles. The Balaban J connectivity index is -0.00000000667. The summed E-state index contributed by atoms with van der Waals surface area (Å²) < 4.78 is 0. The van der Waals surface area contributed by atoms with Gasteiger partial charge in [-0.1, -0.05) is 0 Å². The summed E-state index contributed by atoms with van der Waals surface area (Å²) in [4.78, 5) is 0. The van der Waals surface area contributed by atoms with Crippen LogP contribution in [0.1, 0.15) is 6.92 Å². The third kappa shape index (κ3) is 67.8. The zero-order valence-electron chi connectivity index (χ0n) is 3.76. The quantitative estimate of drug-likeness (QED) is 0.428. The molecule has 6 heavy (non-hydrogen) atoms. The minimum Gasteiger partial charge on any atom is -0.870 e. The van der Waals surface area contributed by atoms with Crippen LogP contribution in [0.4, 0.5) is 0 Å². The van der Waals surface area contributed by atoms with Gasteiger partial charge in [-0.25, -0.2) is 0 Å². The van der Waals surface area contributed by atoms with Crippen molar-refractivity contribution in [1.82, 2.24) is 0 Å². The van der Waals surface area contributed by atoms with Gasteiger partial charge in [0.2, 0.25) is 0 Å². The number of aliphatic hydroxyl groups excluding tert-OH is 1. The molecule has 0 saturated carbocycles. The minimum atomic E-state index is 0. The van der Waals surface area contributed by atoms with Crippen molar-refractivity contribution in [3.8, 4) is 0 Å². The van der Waals surface area contributed by atoms with Crippen molar-refractivity contribution in [2.45, 2.75) is 6.92 Å². The molecule has 0 aromatic carbocycles. The van der Waals surface area contributed by atoms with Crippen molar-refractivity contribution in [3.05, 3.63) is 0 Å². The number of aliphatic hydroxyl groups is 1. The summed E-state index contributed by atoms with van der Waals surface area (Å²) in [5.74, 6) is 0. The van der Waals surface area contributed by atoms with Crippen LogP contribution in [0.5, 0.6) is 0 Å². The molecule has 0 radical (unpaired) electrons. The molecule has 0 unspecified atom stereocenters. The van der Waals surface area contributed by atoms with E-state index in [1.165, 1.54) is 0 Å². The van der Waals surface area contributed by atoms with Gasteiger partial charge in [-0.05, 0) is 6.92 Å². The molecule has 0 fully saturated rings. The van der Waals surface area contributed by atoms with E-state index in [0.29, 0.717) is 0 Å². The number of rotatable bonds is 0. The second-order valence-electron chi connectivity index (χ2n) is 0.316. The molecule has 0 bridgehead atoms. The Bertz CT molecular complexity index is 8.75. The normalized spacial score (nSPS) is 3.00. The third-order valence-electron chi connectivity index (χ3n) is 0. The van der Waals surface area contributed by atoms with Crippen LogP contribution in [-0.2, 0) is 0 Å². The molecule has 0 heterocycles. The molecule has 0 amide bonds. The van der Waals surface area contributed by atoms with Gasteiger partial charge < -0.3 is 16.1 Å². The van der Waals surface area contributed by atoms with Gasteiger partial charge in [0.05, 0.1) is 0 Å². The summed E-state index contributed by atoms with van der Waals surface area (Å²) in [6.07, 6.45) is 0. The molecule has 0 spiro atoms. The van der Waals surface area contributed by atoms with Gasteiger partial charge in [-0.2, -0.15) is 0 Å². The van der Waals surface area contributed by atoms with Crippen molar-refractivity contribution in [1.29, 1.82) is 0 Å². The molecule has 3 N–H and O–H groups in total. The molecule has 4 heteroatoms. The molecule has 0 saturated heterocycles. The monoisotopic (exact) mass is 120 g/mol. The summed E-state index contributed by atoms with van der Waals surface area (Å²) in [5.41, 5.74) is 0. The average molecular weight is 120 g/mol. The SMILES string of the molecule is CCO.[Ca+2].[OH-].[OH-]. The van der Waals surface area contributed by atoms with Crippen LogP contribution in [0.15, 0.2) is 0 Å². The maximum Gasteiger partial charge on any atom is 2.00 e. The van der Waals surface area contributed by atoms with Crippen LogP contribution >= 0.6 is 0 Å². The molecule has 0 rings (SSSR count). The molecule has 0 atom stereocenters. The van der Waals surface area contributed by atoms with E-state index in [2.05, 4.69) is 0 Å². The molecule has 0 aliphatic rings. The maximum atomic E-state index is 7.57. The topological polar surface area (TPSA) is 80.2 Å². The largest absolute Gasteiger partial charge is 2.00 e. The first-order chi connectivity index (χ1) is 1.41. The fraction of sp³-hybridized carbons (Fsp3) is 1.00. The molecule has 3 nitrogen and oxygen atoms in total. The molecule has 0 aromatic rings. The summed E-state index contributed by atoms with van der Waals surface area (Å²) in [5, 5.41) is 7.57. The second kappa shape index (κ2) is 35.4. The van der Waals surface area contributed by atoms with Gasteiger partial charge in [0.1, 0.15) is 0 Å². The summed E-state index contributed by atoms with van der Waals surface area (Å²) in [6, 6.07) is 0. The van der Waals surface area contributed by atoms with E-state index in [0.717, 1.165) is 0 Å². The average Bonchev–Trinajstić information content (AvgIpc) is 0.918. The zero-order valence-corrected chi connectivity index (χ0v) is 5.96. The Hall–Kier alpha value is 1.14. The third-order valence-corrected chi connectivity index (χ3v) is 0. The van der Waals surface area contributed by atoms with Crippen molar-refractivity contribution >= 4 is 37.7 Å². The maximum absolute atomic E-state index is 7.57. The Labute approximate surface area is 67.0 Å². The first kappa shape index (κ1) is 27.3. The molecule has 36 valence electrons. The van der Waals surface area contributed by atoms with E-state index in [1.54, 1.807) is 6.92 Å². The summed E-state index contributed by atoms with van der Waals surface area (Å²) in [6.45, 7) is 1.93. The van der Waals surface area contributed by atoms with E-state index in [9.17, 15) is 0 Å². The second-order valence-corrected chi connectivity index (χ2v) is 0.316. The Morgan fingerprint density at radius 3 is 1.33 bits per heavy atom. The van der Waals surface area contributed by atoms with Crippen molar-refractivity contribution < 1.29 is 16.1 Å². The predicted molar refractivity (Wildman–Crippen MR) is 22.4 cm³/mol. The van der Waals surface area contributed by atoms with Crippen LogP contribution in [0.3, 0.4) is 0 Å². The first-order valence-electron chi connectivity index (χ1n) is 1.02. The molecule has 0 aliphatic carbocycles. The van der Waals surface area contributed by atoms with Crippen molar-refractivity contribution in [2.24, 2.45) is 0 Å². The first-order valence-corrected chi connectivity index (χ1v) is 1.02. The molecular formula is C2H8CaO3. The Morgan fingerprint density at radius 1 is 1.33 bits per heavy atom. The minimum absolute atomic E-state index is 0.